The second-order valence-electron chi connectivity index (χ2n) is 5.79. The number of carbonyl (C=O) groups is 1. The summed E-state index contributed by atoms with van der Waals surface area (Å²) in [4.78, 5) is 26.6. The summed E-state index contributed by atoms with van der Waals surface area (Å²) in [7, 11) is 0. The quantitative estimate of drug-likeness (QED) is 0.905. The number of hydrogen-bond donors (Lipinski definition) is 2. The van der Waals surface area contributed by atoms with E-state index in [1.165, 1.54) is 0 Å². The van der Waals surface area contributed by atoms with E-state index < -0.39 is 0 Å². The Hall–Kier alpha value is -2.10. The van der Waals surface area contributed by atoms with E-state index >= 15 is 0 Å². The van der Waals surface area contributed by atoms with Gasteiger partial charge in [-0.2, -0.15) is 0 Å². The third-order valence-electron chi connectivity index (χ3n) is 4.19. The zero-order valence-electron chi connectivity index (χ0n) is 12.2. The van der Waals surface area contributed by atoms with Gasteiger partial charge in [0.15, 0.2) is 0 Å². The van der Waals surface area contributed by atoms with Gasteiger partial charge < -0.3 is 10.3 Å². The van der Waals surface area contributed by atoms with Gasteiger partial charge in [0.25, 0.3) is 0 Å². The Morgan fingerprint density at radius 1 is 1.33 bits per heavy atom. The molecule has 1 heterocycles. The molecule has 1 amide bonds. The molecule has 21 heavy (non-hydrogen) atoms. The van der Waals surface area contributed by atoms with Gasteiger partial charge in [-0.1, -0.05) is 25.8 Å². The predicted molar refractivity (Wildman–Crippen MR) is 84.5 cm³/mol. The second kappa shape index (κ2) is 5.72. The van der Waals surface area contributed by atoms with Crippen molar-refractivity contribution in [3.63, 3.8) is 0 Å². The van der Waals surface area contributed by atoms with Crippen LogP contribution in [0.1, 0.15) is 38.2 Å². The van der Waals surface area contributed by atoms with Crippen molar-refractivity contribution in [3.05, 3.63) is 40.2 Å². The number of aryl methyl sites for hydroxylation is 1. The van der Waals surface area contributed by atoms with E-state index in [2.05, 4.69) is 17.2 Å². The summed E-state index contributed by atoms with van der Waals surface area (Å²) < 4.78 is 0. The Bertz CT molecular complexity index is 729. The number of anilines is 1. The fourth-order valence-corrected chi connectivity index (χ4v) is 2.80. The van der Waals surface area contributed by atoms with Crippen LogP contribution >= 0.6 is 0 Å². The van der Waals surface area contributed by atoms with Crippen molar-refractivity contribution in [2.24, 2.45) is 5.92 Å². The minimum Gasteiger partial charge on any atom is -0.326 e. The van der Waals surface area contributed by atoms with Gasteiger partial charge in [-0.3, -0.25) is 9.59 Å². The maximum absolute atomic E-state index is 12.0. The number of fused-ring (bicyclic) bond motifs is 1. The largest absolute Gasteiger partial charge is 0.326 e. The Labute approximate surface area is 123 Å². The SMILES string of the molecule is CCCc1cc(=O)[nH]c2cc(NC(=O)C3CCC3)ccc12. The average molecular weight is 284 g/mol. The molecule has 4 nitrogen and oxygen atoms in total. The smallest absolute Gasteiger partial charge is 0.248 e. The van der Waals surface area contributed by atoms with Crippen LogP contribution in [0.25, 0.3) is 10.9 Å². The minimum absolute atomic E-state index is 0.0894. The lowest BCUT2D eigenvalue weighted by Gasteiger charge is -2.24. The van der Waals surface area contributed by atoms with Crippen molar-refractivity contribution in [2.45, 2.75) is 39.0 Å². The molecule has 2 N–H and O–H groups in total. The highest BCUT2D eigenvalue weighted by atomic mass is 16.2. The molecule has 0 aliphatic heterocycles. The lowest BCUT2D eigenvalue weighted by Crippen LogP contribution is -2.28. The first-order valence-corrected chi connectivity index (χ1v) is 7.64. The normalized spacial score (nSPS) is 14.9. The molecule has 0 bridgehead atoms. The van der Waals surface area contributed by atoms with Crippen LogP contribution in [0, 0.1) is 5.92 Å². The van der Waals surface area contributed by atoms with E-state index in [0.717, 1.165) is 54.3 Å². The molecule has 1 saturated carbocycles. The highest BCUT2D eigenvalue weighted by Crippen LogP contribution is 2.28. The highest BCUT2D eigenvalue weighted by molar-refractivity contribution is 5.95. The maximum atomic E-state index is 12.0. The third kappa shape index (κ3) is 2.84. The molecule has 0 spiro atoms. The van der Waals surface area contributed by atoms with E-state index in [1.807, 2.05) is 18.2 Å². The van der Waals surface area contributed by atoms with E-state index in [9.17, 15) is 9.59 Å². The van der Waals surface area contributed by atoms with Gasteiger partial charge in [-0.05, 0) is 37.0 Å². The summed E-state index contributed by atoms with van der Waals surface area (Å²) in [5, 5.41) is 4.00. The molecule has 0 unspecified atom stereocenters. The molecule has 1 aromatic carbocycles. The van der Waals surface area contributed by atoms with Gasteiger partial charge in [0.2, 0.25) is 11.5 Å². The summed E-state index contributed by atoms with van der Waals surface area (Å²) in [6.07, 6.45) is 4.99. The minimum atomic E-state index is -0.0894. The van der Waals surface area contributed by atoms with Crippen molar-refractivity contribution >= 4 is 22.5 Å². The van der Waals surface area contributed by atoms with Gasteiger partial charge >= 0.3 is 0 Å². The van der Waals surface area contributed by atoms with Gasteiger partial charge in [0, 0.05) is 23.1 Å². The highest BCUT2D eigenvalue weighted by Gasteiger charge is 2.25. The number of carbonyl (C=O) groups excluding carboxylic acids is 1. The van der Waals surface area contributed by atoms with Gasteiger partial charge in [-0.15, -0.1) is 0 Å². The third-order valence-corrected chi connectivity index (χ3v) is 4.19. The molecular weight excluding hydrogens is 264 g/mol. The molecule has 4 heteroatoms. The van der Waals surface area contributed by atoms with Crippen molar-refractivity contribution in [2.75, 3.05) is 5.32 Å². The van der Waals surface area contributed by atoms with E-state index in [1.54, 1.807) is 6.07 Å². The molecule has 1 aliphatic rings. The molecule has 110 valence electrons. The number of benzene rings is 1. The number of H-pyrrole nitrogens is 1. The van der Waals surface area contributed by atoms with Gasteiger partial charge in [0.1, 0.15) is 0 Å². The first-order valence-electron chi connectivity index (χ1n) is 7.64. The fourth-order valence-electron chi connectivity index (χ4n) is 2.80. The molecule has 1 aliphatic carbocycles. The van der Waals surface area contributed by atoms with Gasteiger partial charge in [0.05, 0.1) is 5.52 Å². The van der Waals surface area contributed by atoms with Crippen LogP contribution in [0.4, 0.5) is 5.69 Å². The number of nitrogens with one attached hydrogen (secondary N) is 2. The van der Waals surface area contributed by atoms with Crippen molar-refractivity contribution in [3.8, 4) is 0 Å². The zero-order valence-corrected chi connectivity index (χ0v) is 12.2. The maximum Gasteiger partial charge on any atom is 0.248 e. The van der Waals surface area contributed by atoms with Crippen LogP contribution in [0.3, 0.4) is 0 Å². The molecule has 1 aromatic heterocycles. The number of hydrogen-bond acceptors (Lipinski definition) is 2. The molecule has 0 saturated heterocycles. The van der Waals surface area contributed by atoms with E-state index in [4.69, 9.17) is 0 Å². The average Bonchev–Trinajstić information content (AvgIpc) is 2.36. The first kappa shape index (κ1) is 13.9. The topological polar surface area (TPSA) is 62.0 Å². The van der Waals surface area contributed by atoms with Crippen LogP contribution in [0.5, 0.6) is 0 Å². The van der Waals surface area contributed by atoms with Crippen molar-refractivity contribution in [1.82, 2.24) is 4.98 Å². The molecule has 0 radical (unpaired) electrons. The van der Waals surface area contributed by atoms with Crippen LogP contribution in [0.15, 0.2) is 29.1 Å². The van der Waals surface area contributed by atoms with E-state index in [-0.39, 0.29) is 17.4 Å². The number of aromatic nitrogens is 1. The van der Waals surface area contributed by atoms with Crippen molar-refractivity contribution < 1.29 is 4.79 Å². The number of aromatic amines is 1. The number of rotatable bonds is 4. The number of amides is 1. The van der Waals surface area contributed by atoms with Crippen molar-refractivity contribution in [1.29, 1.82) is 0 Å². The summed E-state index contributed by atoms with van der Waals surface area (Å²) in [5.41, 5.74) is 2.52. The molecule has 0 atom stereocenters. The zero-order chi connectivity index (χ0) is 14.8. The number of pyridine rings is 1. The summed E-state index contributed by atoms with van der Waals surface area (Å²) in [6.45, 7) is 2.10. The molecular formula is C17H20N2O2. The second-order valence-corrected chi connectivity index (χ2v) is 5.79. The predicted octanol–water partition coefficient (Wildman–Crippen LogP) is 3.22. The molecule has 3 rings (SSSR count). The van der Waals surface area contributed by atoms with Crippen LogP contribution in [0.2, 0.25) is 0 Å². The lowest BCUT2D eigenvalue weighted by atomic mass is 9.85. The Balaban J connectivity index is 1.92. The molecule has 1 fully saturated rings. The summed E-state index contributed by atoms with van der Waals surface area (Å²) in [6, 6.07) is 7.41. The van der Waals surface area contributed by atoms with Crippen LogP contribution < -0.4 is 10.9 Å². The summed E-state index contributed by atoms with van der Waals surface area (Å²) >= 11 is 0. The lowest BCUT2D eigenvalue weighted by molar-refractivity contribution is -0.122. The van der Waals surface area contributed by atoms with E-state index in [0.29, 0.717) is 0 Å². The Morgan fingerprint density at radius 2 is 2.14 bits per heavy atom. The Morgan fingerprint density at radius 3 is 2.81 bits per heavy atom. The molecule has 2 aromatic rings. The van der Waals surface area contributed by atoms with Crippen LogP contribution in [-0.4, -0.2) is 10.9 Å². The van der Waals surface area contributed by atoms with Gasteiger partial charge in [-0.25, -0.2) is 0 Å². The monoisotopic (exact) mass is 284 g/mol. The standard InChI is InChI=1S/C17H20N2O2/c1-2-4-12-9-16(20)19-15-10-13(7-8-14(12)15)18-17(21)11-5-3-6-11/h7-11H,2-6H2,1H3,(H,18,21)(H,19,20). The summed E-state index contributed by atoms with van der Waals surface area (Å²) in [5.74, 6) is 0.249. The fraction of sp³-hybridized carbons (Fsp3) is 0.412. The van der Waals surface area contributed by atoms with Crippen LogP contribution in [-0.2, 0) is 11.2 Å². The first-order chi connectivity index (χ1) is 10.2. The Kier molecular flexibility index (Phi) is 3.78.